The van der Waals surface area contributed by atoms with Gasteiger partial charge in [0.25, 0.3) is 0 Å². The number of aldehydes is 1. The van der Waals surface area contributed by atoms with Gasteiger partial charge in [0.1, 0.15) is 0 Å². The van der Waals surface area contributed by atoms with E-state index in [4.69, 9.17) is 0 Å². The molecule has 1 unspecified atom stereocenters. The Bertz CT molecular complexity index is 201. The fraction of sp³-hybridized carbons (Fsp3) is 0.778. The van der Waals surface area contributed by atoms with Crippen LogP contribution in [0, 0.1) is 0 Å². The number of alkyl halides is 1. The van der Waals surface area contributed by atoms with Gasteiger partial charge in [-0.05, 0) is 20.8 Å². The second kappa shape index (κ2) is 5.57. The molecule has 0 saturated heterocycles. The number of carbonyl (C=O) groups excluding carboxylic acids is 2. The van der Waals surface area contributed by atoms with Crippen LogP contribution in [0.2, 0.25) is 0 Å². The molecule has 0 fully saturated rings. The lowest BCUT2D eigenvalue weighted by Gasteiger charge is -2.21. The van der Waals surface area contributed by atoms with Gasteiger partial charge in [0.05, 0.1) is 6.67 Å². The smallest absolute Gasteiger partial charge is 0.408 e. The minimum Gasteiger partial charge on any atom is -0.438 e. The maximum absolute atomic E-state index is 11.8. The quantitative estimate of drug-likeness (QED) is 0.706. The fourth-order valence-corrected chi connectivity index (χ4v) is 0.735. The molecule has 1 atom stereocenters. The Hall–Kier alpha value is -1.13. The molecule has 1 N–H and O–H groups in total. The van der Waals surface area contributed by atoms with Crippen molar-refractivity contribution in [2.75, 3.05) is 6.67 Å². The molecule has 0 rings (SSSR count). The molecule has 0 heterocycles. The monoisotopic (exact) mass is 205 g/mol. The molecule has 0 bridgehead atoms. The van der Waals surface area contributed by atoms with Crippen molar-refractivity contribution in [3.8, 4) is 0 Å². The SMILES string of the molecule is CC(C)(C)NC(=O)OC(C=O)CCF. The Balaban J connectivity index is 3.97. The first-order chi connectivity index (χ1) is 6.39. The normalized spacial score (nSPS) is 13.1. The van der Waals surface area contributed by atoms with Gasteiger partial charge in [-0.2, -0.15) is 0 Å². The fourth-order valence-electron chi connectivity index (χ4n) is 0.735. The zero-order valence-corrected chi connectivity index (χ0v) is 8.67. The zero-order valence-electron chi connectivity index (χ0n) is 8.67. The summed E-state index contributed by atoms with van der Waals surface area (Å²) in [5, 5.41) is 2.50. The number of hydrogen-bond donors (Lipinski definition) is 1. The molecule has 0 aliphatic heterocycles. The third-order valence-electron chi connectivity index (χ3n) is 1.28. The Morgan fingerprint density at radius 1 is 1.57 bits per heavy atom. The van der Waals surface area contributed by atoms with E-state index in [1.54, 1.807) is 20.8 Å². The summed E-state index contributed by atoms with van der Waals surface area (Å²) in [7, 11) is 0. The Morgan fingerprint density at radius 2 is 2.14 bits per heavy atom. The van der Waals surface area contributed by atoms with Crippen LogP contribution in [0.15, 0.2) is 0 Å². The van der Waals surface area contributed by atoms with E-state index in [2.05, 4.69) is 10.1 Å². The number of carbonyl (C=O) groups is 2. The standard InChI is InChI=1S/C9H16FNO3/c1-9(2,3)11-8(13)14-7(6-12)4-5-10/h6-7H,4-5H2,1-3H3,(H,11,13). The Labute approximate surface area is 82.8 Å². The average molecular weight is 205 g/mol. The van der Waals surface area contributed by atoms with Crippen LogP contribution in [0.3, 0.4) is 0 Å². The number of rotatable bonds is 4. The van der Waals surface area contributed by atoms with Crippen molar-refractivity contribution in [2.45, 2.75) is 38.8 Å². The zero-order chi connectivity index (χ0) is 11.2. The van der Waals surface area contributed by atoms with Gasteiger partial charge in [0.15, 0.2) is 12.4 Å². The van der Waals surface area contributed by atoms with Crippen molar-refractivity contribution >= 4 is 12.4 Å². The van der Waals surface area contributed by atoms with Crippen LogP contribution < -0.4 is 5.32 Å². The topological polar surface area (TPSA) is 55.4 Å². The van der Waals surface area contributed by atoms with Crippen LogP contribution in [-0.2, 0) is 9.53 Å². The lowest BCUT2D eigenvalue weighted by atomic mass is 10.1. The maximum Gasteiger partial charge on any atom is 0.408 e. The molecule has 0 aromatic heterocycles. The molecule has 82 valence electrons. The highest BCUT2D eigenvalue weighted by atomic mass is 19.1. The Morgan fingerprint density at radius 3 is 2.50 bits per heavy atom. The van der Waals surface area contributed by atoms with E-state index >= 15 is 0 Å². The molecule has 0 saturated carbocycles. The van der Waals surface area contributed by atoms with Crippen LogP contribution in [-0.4, -0.2) is 30.7 Å². The maximum atomic E-state index is 11.8. The van der Waals surface area contributed by atoms with E-state index in [9.17, 15) is 14.0 Å². The van der Waals surface area contributed by atoms with Crippen molar-refractivity contribution in [1.82, 2.24) is 5.32 Å². The lowest BCUT2D eigenvalue weighted by molar-refractivity contribution is -0.115. The predicted octanol–water partition coefficient (Wildman–Crippen LogP) is 1.44. The molecule has 0 aromatic rings. The second-order valence-corrected chi connectivity index (χ2v) is 3.93. The molecule has 0 aliphatic rings. The van der Waals surface area contributed by atoms with E-state index in [1.807, 2.05) is 0 Å². The van der Waals surface area contributed by atoms with Crippen molar-refractivity contribution < 1.29 is 18.7 Å². The number of amides is 1. The summed E-state index contributed by atoms with van der Waals surface area (Å²) < 4.78 is 16.5. The van der Waals surface area contributed by atoms with Gasteiger partial charge in [-0.3, -0.25) is 9.18 Å². The third kappa shape index (κ3) is 6.39. The highest BCUT2D eigenvalue weighted by Crippen LogP contribution is 2.02. The number of nitrogens with one attached hydrogen (secondary N) is 1. The summed E-state index contributed by atoms with van der Waals surface area (Å²) in [6.07, 6.45) is -1.38. The highest BCUT2D eigenvalue weighted by Gasteiger charge is 2.18. The number of halogens is 1. The molecule has 5 heteroatoms. The summed E-state index contributed by atoms with van der Waals surface area (Å²) in [6.45, 7) is 4.64. The predicted molar refractivity (Wildman–Crippen MR) is 49.8 cm³/mol. The molecule has 0 aromatic carbocycles. The van der Waals surface area contributed by atoms with Crippen LogP contribution >= 0.6 is 0 Å². The number of hydrogen-bond acceptors (Lipinski definition) is 3. The van der Waals surface area contributed by atoms with Crippen molar-refractivity contribution in [3.63, 3.8) is 0 Å². The summed E-state index contributed by atoms with van der Waals surface area (Å²) in [4.78, 5) is 21.4. The van der Waals surface area contributed by atoms with Gasteiger partial charge in [-0.15, -0.1) is 0 Å². The first kappa shape index (κ1) is 12.9. The average Bonchev–Trinajstić information content (AvgIpc) is 2.00. The second-order valence-electron chi connectivity index (χ2n) is 3.93. The lowest BCUT2D eigenvalue weighted by Crippen LogP contribution is -2.42. The molecule has 1 amide bonds. The van der Waals surface area contributed by atoms with E-state index in [-0.39, 0.29) is 6.42 Å². The minimum absolute atomic E-state index is 0.0962. The summed E-state index contributed by atoms with van der Waals surface area (Å²) in [5.41, 5.74) is -0.430. The Kier molecular flexibility index (Phi) is 5.12. The molecule has 0 radical (unpaired) electrons. The molecule has 14 heavy (non-hydrogen) atoms. The van der Waals surface area contributed by atoms with Crippen molar-refractivity contribution in [1.29, 1.82) is 0 Å². The van der Waals surface area contributed by atoms with Gasteiger partial charge < -0.3 is 10.1 Å². The summed E-state index contributed by atoms with van der Waals surface area (Å²) in [5.74, 6) is 0. The van der Waals surface area contributed by atoms with Gasteiger partial charge in [0, 0.05) is 12.0 Å². The van der Waals surface area contributed by atoms with E-state index in [0.717, 1.165) is 0 Å². The molecule has 0 spiro atoms. The van der Waals surface area contributed by atoms with E-state index in [1.165, 1.54) is 0 Å². The summed E-state index contributed by atoms with van der Waals surface area (Å²) in [6, 6.07) is 0. The minimum atomic E-state index is -0.998. The van der Waals surface area contributed by atoms with Crippen LogP contribution in [0.5, 0.6) is 0 Å². The number of ether oxygens (including phenoxy) is 1. The first-order valence-corrected chi connectivity index (χ1v) is 4.39. The van der Waals surface area contributed by atoms with Crippen LogP contribution in [0.1, 0.15) is 27.2 Å². The van der Waals surface area contributed by atoms with Crippen molar-refractivity contribution in [3.05, 3.63) is 0 Å². The highest BCUT2D eigenvalue weighted by molar-refractivity contribution is 5.71. The molecular weight excluding hydrogens is 189 g/mol. The molecular formula is C9H16FNO3. The van der Waals surface area contributed by atoms with Crippen molar-refractivity contribution in [2.24, 2.45) is 0 Å². The first-order valence-electron chi connectivity index (χ1n) is 4.39. The summed E-state index contributed by atoms with van der Waals surface area (Å²) >= 11 is 0. The number of alkyl carbamates (subject to hydrolysis) is 1. The van der Waals surface area contributed by atoms with Gasteiger partial charge in [-0.1, -0.05) is 0 Å². The molecule has 4 nitrogen and oxygen atoms in total. The van der Waals surface area contributed by atoms with E-state index < -0.39 is 24.4 Å². The molecule has 0 aliphatic carbocycles. The van der Waals surface area contributed by atoms with Gasteiger partial charge >= 0.3 is 6.09 Å². The third-order valence-corrected chi connectivity index (χ3v) is 1.28. The van der Waals surface area contributed by atoms with Crippen LogP contribution in [0.4, 0.5) is 9.18 Å². The van der Waals surface area contributed by atoms with Gasteiger partial charge in [0.2, 0.25) is 0 Å². The van der Waals surface area contributed by atoms with Gasteiger partial charge in [-0.25, -0.2) is 4.79 Å². The van der Waals surface area contributed by atoms with Crippen LogP contribution in [0.25, 0.3) is 0 Å². The largest absolute Gasteiger partial charge is 0.438 e. The van der Waals surface area contributed by atoms with E-state index in [0.29, 0.717) is 6.29 Å².